The Kier molecular flexibility index (Phi) is 5.76. The van der Waals surface area contributed by atoms with E-state index in [2.05, 4.69) is 16.7 Å². The molecule has 0 saturated carbocycles. The Bertz CT molecular complexity index is 1340. The van der Waals surface area contributed by atoms with Crippen LogP contribution in [-0.4, -0.2) is 21.3 Å². The van der Waals surface area contributed by atoms with E-state index >= 15 is 8.78 Å². The lowest BCUT2D eigenvalue weighted by molar-refractivity contribution is 0.282. The van der Waals surface area contributed by atoms with Crippen molar-refractivity contribution < 1.29 is 13.9 Å². The molecule has 2 aromatic carbocycles. The molecule has 0 unspecified atom stereocenters. The molecule has 4 rings (SSSR count). The number of aromatic amines is 1. The van der Waals surface area contributed by atoms with Crippen LogP contribution in [0.4, 0.5) is 8.78 Å². The summed E-state index contributed by atoms with van der Waals surface area (Å²) in [6.07, 6.45) is 3.02. The monoisotopic (exact) mass is 449 g/mol. The Balaban J connectivity index is 1.68. The highest BCUT2D eigenvalue weighted by molar-refractivity contribution is 5.91. The van der Waals surface area contributed by atoms with Gasteiger partial charge < -0.3 is 10.1 Å². The van der Waals surface area contributed by atoms with Crippen LogP contribution in [0.25, 0.3) is 16.8 Å². The third-order valence-corrected chi connectivity index (χ3v) is 5.77. The topological polar surface area (TPSA) is 68.7 Å². The van der Waals surface area contributed by atoms with Crippen LogP contribution in [0.1, 0.15) is 48.6 Å². The second-order valence-corrected chi connectivity index (χ2v) is 9.12. The third-order valence-electron chi connectivity index (χ3n) is 5.77. The highest BCUT2D eigenvalue weighted by Crippen LogP contribution is 2.34. The van der Waals surface area contributed by atoms with Crippen molar-refractivity contribution in [1.82, 2.24) is 9.99 Å². The fourth-order valence-corrected chi connectivity index (χ4v) is 3.90. The van der Waals surface area contributed by atoms with Crippen molar-refractivity contribution in [2.24, 2.45) is 5.10 Å². The van der Waals surface area contributed by atoms with Crippen molar-refractivity contribution in [2.45, 2.75) is 39.3 Å². The Morgan fingerprint density at radius 2 is 1.85 bits per heavy atom. The first-order valence-corrected chi connectivity index (χ1v) is 10.5. The second-order valence-electron chi connectivity index (χ2n) is 9.12. The van der Waals surface area contributed by atoms with E-state index in [-0.39, 0.29) is 29.7 Å². The maximum absolute atomic E-state index is 15.0. The summed E-state index contributed by atoms with van der Waals surface area (Å²) in [5.74, 6) is -0.931. The number of benzene rings is 2. The fraction of sp³-hybridized carbons (Fsp3) is 0.231. The Morgan fingerprint density at radius 1 is 1.09 bits per heavy atom. The number of pyridine rings is 1. The average molecular weight is 450 g/mol. The number of nitrogens with one attached hydrogen (secondary N) is 1. The number of H-pyrrole nitrogens is 1. The Hall–Kier alpha value is -3.58. The number of aliphatic hydroxyl groups excluding tert-OH is 1. The summed E-state index contributed by atoms with van der Waals surface area (Å²) < 4.78 is 30.1. The van der Waals surface area contributed by atoms with Crippen LogP contribution in [-0.2, 0) is 18.6 Å². The van der Waals surface area contributed by atoms with Crippen molar-refractivity contribution in [1.29, 1.82) is 0 Å². The minimum atomic E-state index is -0.528. The van der Waals surface area contributed by atoms with E-state index in [9.17, 15) is 9.90 Å². The van der Waals surface area contributed by atoms with Crippen LogP contribution >= 0.6 is 0 Å². The van der Waals surface area contributed by atoms with Crippen molar-refractivity contribution in [3.8, 4) is 11.1 Å². The van der Waals surface area contributed by atoms with Gasteiger partial charge in [-0.15, -0.1) is 0 Å². The normalized spacial score (nSPS) is 13.4. The van der Waals surface area contributed by atoms with Gasteiger partial charge in [-0.2, -0.15) is 5.10 Å². The van der Waals surface area contributed by atoms with Crippen molar-refractivity contribution in [3.63, 3.8) is 0 Å². The minimum Gasteiger partial charge on any atom is -0.392 e. The predicted octanol–water partition coefficient (Wildman–Crippen LogP) is 4.93. The first kappa shape index (κ1) is 22.6. The van der Waals surface area contributed by atoms with Gasteiger partial charge in [-0.1, -0.05) is 27.4 Å². The van der Waals surface area contributed by atoms with E-state index in [0.717, 1.165) is 5.56 Å². The molecule has 170 valence electrons. The molecular weight excluding hydrogens is 424 g/mol. The number of hydrazone groups is 1. The zero-order chi connectivity index (χ0) is 23.9. The molecule has 1 aliphatic heterocycles. The van der Waals surface area contributed by atoms with Crippen LogP contribution in [0.2, 0.25) is 0 Å². The Labute approximate surface area is 190 Å². The third kappa shape index (κ3) is 4.36. The molecule has 2 N–H and O–H groups in total. The van der Waals surface area contributed by atoms with E-state index < -0.39 is 11.6 Å². The van der Waals surface area contributed by atoms with Gasteiger partial charge in [0.15, 0.2) is 0 Å². The molecule has 5 nitrogen and oxygen atoms in total. The summed E-state index contributed by atoms with van der Waals surface area (Å²) >= 11 is 0. The van der Waals surface area contributed by atoms with E-state index in [1.165, 1.54) is 35.5 Å². The second kappa shape index (κ2) is 8.41. The number of nitrogens with zero attached hydrogens (tertiary/aromatic N) is 2. The molecule has 3 aromatic rings. The molecule has 1 aliphatic rings. The van der Waals surface area contributed by atoms with Gasteiger partial charge in [-0.3, -0.25) is 9.80 Å². The van der Waals surface area contributed by atoms with Crippen molar-refractivity contribution in [2.75, 3.05) is 0 Å². The minimum absolute atomic E-state index is 0.00369. The smallest absolute Gasteiger partial charge is 0.248 e. The summed E-state index contributed by atoms with van der Waals surface area (Å²) in [4.78, 5) is 14.2. The van der Waals surface area contributed by atoms with E-state index in [4.69, 9.17) is 0 Å². The lowest BCUT2D eigenvalue weighted by Gasteiger charge is -2.29. The molecule has 1 aromatic heterocycles. The largest absolute Gasteiger partial charge is 0.392 e. The van der Waals surface area contributed by atoms with Gasteiger partial charge in [0.1, 0.15) is 11.6 Å². The highest BCUT2D eigenvalue weighted by atomic mass is 19.1. The SMILES string of the molecule is C=C1c2c(F)cc(C(C)(C)C)cc2C=NN1Cc1cc(CO)c(-c2cc[nH]c(=O)c2)cc1F. The predicted molar refractivity (Wildman–Crippen MR) is 126 cm³/mol. The quantitative estimate of drug-likeness (QED) is 0.594. The van der Waals surface area contributed by atoms with Crippen LogP contribution in [0.5, 0.6) is 0 Å². The molecule has 0 bridgehead atoms. The molecular formula is C26H25F2N3O2. The number of fused-ring (bicyclic) bond motifs is 1. The van der Waals surface area contributed by atoms with Gasteiger partial charge in [0.25, 0.3) is 0 Å². The lowest BCUT2D eigenvalue weighted by atomic mass is 9.84. The van der Waals surface area contributed by atoms with Gasteiger partial charge in [-0.25, -0.2) is 8.78 Å². The highest BCUT2D eigenvalue weighted by Gasteiger charge is 2.25. The lowest BCUT2D eigenvalue weighted by Crippen LogP contribution is -2.23. The molecule has 7 heteroatoms. The van der Waals surface area contributed by atoms with Crippen molar-refractivity contribution >= 4 is 11.9 Å². The molecule has 0 amide bonds. The fourth-order valence-electron chi connectivity index (χ4n) is 3.90. The van der Waals surface area contributed by atoms with Crippen LogP contribution in [0.15, 0.2) is 59.1 Å². The molecule has 2 heterocycles. The summed E-state index contributed by atoms with van der Waals surface area (Å²) in [6.45, 7) is 9.68. The molecule has 0 atom stereocenters. The zero-order valence-electron chi connectivity index (χ0n) is 18.7. The van der Waals surface area contributed by atoms with E-state index in [1.54, 1.807) is 12.3 Å². The molecule has 0 saturated heterocycles. The molecule has 0 aliphatic carbocycles. The average Bonchev–Trinajstić information content (AvgIpc) is 2.75. The van der Waals surface area contributed by atoms with Crippen LogP contribution in [0.3, 0.4) is 0 Å². The van der Waals surface area contributed by atoms with Crippen molar-refractivity contribution in [3.05, 3.63) is 99.0 Å². The molecule has 0 spiro atoms. The number of aromatic nitrogens is 1. The number of halogens is 2. The number of rotatable bonds is 4. The molecule has 0 fully saturated rings. The summed E-state index contributed by atoms with van der Waals surface area (Å²) in [5.41, 5.74) is 3.24. The zero-order valence-corrected chi connectivity index (χ0v) is 18.7. The summed E-state index contributed by atoms with van der Waals surface area (Å²) in [7, 11) is 0. The van der Waals surface area contributed by atoms with Crippen LogP contribution in [0, 0.1) is 11.6 Å². The van der Waals surface area contributed by atoms with Crippen LogP contribution < -0.4 is 5.56 Å². The van der Waals surface area contributed by atoms with Gasteiger partial charge in [0.05, 0.1) is 25.1 Å². The van der Waals surface area contributed by atoms with E-state index in [0.29, 0.717) is 33.5 Å². The first-order chi connectivity index (χ1) is 15.6. The maximum atomic E-state index is 15.0. The molecule has 33 heavy (non-hydrogen) atoms. The number of hydrogen-bond donors (Lipinski definition) is 2. The molecule has 0 radical (unpaired) electrons. The standard InChI is InChI=1S/C26H25F2N3O2/c1-15-25-17(8-20(10-23(25)28)26(2,3)4)12-30-31(15)13-18-7-19(14-32)21(11-22(18)27)16-5-6-29-24(33)9-16/h5-12,32H,1,13-14H2,2-4H3,(H,29,33). The number of hydrogen-bond acceptors (Lipinski definition) is 4. The van der Waals surface area contributed by atoms with Gasteiger partial charge in [0, 0.05) is 29.0 Å². The van der Waals surface area contributed by atoms with E-state index in [1.807, 2.05) is 26.8 Å². The first-order valence-electron chi connectivity index (χ1n) is 10.5. The van der Waals surface area contributed by atoms with Gasteiger partial charge in [-0.05, 0) is 58.0 Å². The summed E-state index contributed by atoms with van der Waals surface area (Å²) in [6, 6.07) is 9.19. The number of aliphatic hydroxyl groups is 1. The maximum Gasteiger partial charge on any atom is 0.248 e. The summed E-state index contributed by atoms with van der Waals surface area (Å²) in [5, 5.41) is 15.7. The Morgan fingerprint density at radius 3 is 2.52 bits per heavy atom. The van der Waals surface area contributed by atoms with Gasteiger partial charge in [0.2, 0.25) is 5.56 Å². The van der Waals surface area contributed by atoms with Gasteiger partial charge >= 0.3 is 0 Å².